The van der Waals surface area contributed by atoms with Gasteiger partial charge in [0.15, 0.2) is 0 Å². The Bertz CT molecular complexity index is 431. The summed E-state index contributed by atoms with van der Waals surface area (Å²) in [6.07, 6.45) is 4.69. The van der Waals surface area contributed by atoms with Crippen LogP contribution in [0, 0.1) is 0 Å². The lowest BCUT2D eigenvalue weighted by atomic mass is 9.91. The van der Waals surface area contributed by atoms with Crippen LogP contribution in [-0.2, 0) is 10.2 Å². The van der Waals surface area contributed by atoms with Crippen molar-refractivity contribution in [3.8, 4) is 0 Å². The lowest BCUT2D eigenvalue weighted by molar-refractivity contribution is -0.117. The number of nitrogens with two attached hydrogens (primary N) is 1. The molecule has 2 heterocycles. The molecule has 5 heteroatoms. The van der Waals surface area contributed by atoms with E-state index >= 15 is 0 Å². The van der Waals surface area contributed by atoms with Gasteiger partial charge in [0.05, 0.1) is 6.04 Å². The zero-order valence-electron chi connectivity index (χ0n) is 8.77. The van der Waals surface area contributed by atoms with Crippen LogP contribution < -0.4 is 11.1 Å². The highest BCUT2D eigenvalue weighted by atomic mass is 35.5. The van der Waals surface area contributed by atoms with E-state index in [0.29, 0.717) is 5.82 Å². The number of carbonyl (C=O) groups excluding carboxylic acids is 1. The van der Waals surface area contributed by atoms with Crippen LogP contribution in [0.4, 0.5) is 5.82 Å². The van der Waals surface area contributed by atoms with Gasteiger partial charge in [-0.25, -0.2) is 4.98 Å². The van der Waals surface area contributed by atoms with E-state index in [1.165, 1.54) is 0 Å². The Kier molecular flexibility index (Phi) is 2.64. The molecule has 1 atom stereocenters. The fourth-order valence-electron chi connectivity index (χ4n) is 2.39. The van der Waals surface area contributed by atoms with Crippen LogP contribution in [0.5, 0.6) is 0 Å². The number of nitrogens with one attached hydrogen (secondary N) is 1. The number of carbonyl (C=O) groups is 1. The topological polar surface area (TPSA) is 68.0 Å². The predicted molar refractivity (Wildman–Crippen MR) is 63.6 cm³/mol. The van der Waals surface area contributed by atoms with Gasteiger partial charge in [-0.15, -0.1) is 12.4 Å². The van der Waals surface area contributed by atoms with Crippen LogP contribution >= 0.6 is 12.4 Å². The highest BCUT2D eigenvalue weighted by molar-refractivity contribution is 5.95. The molecule has 3 rings (SSSR count). The molecule has 16 heavy (non-hydrogen) atoms. The maximum atomic E-state index is 11.6. The summed E-state index contributed by atoms with van der Waals surface area (Å²) in [6.45, 7) is 0. The molecule has 86 valence electrons. The van der Waals surface area contributed by atoms with Crippen molar-refractivity contribution in [2.75, 3.05) is 5.32 Å². The van der Waals surface area contributed by atoms with Gasteiger partial charge in [0.1, 0.15) is 5.82 Å². The first-order chi connectivity index (χ1) is 7.21. The highest BCUT2D eigenvalue weighted by Crippen LogP contribution is 2.54. The normalized spacial score (nSPS) is 25.1. The van der Waals surface area contributed by atoms with Gasteiger partial charge in [0.2, 0.25) is 5.91 Å². The Labute approximate surface area is 100 Å². The van der Waals surface area contributed by atoms with Gasteiger partial charge >= 0.3 is 0 Å². The summed E-state index contributed by atoms with van der Waals surface area (Å²) < 4.78 is 0. The molecule has 0 radical (unpaired) electrons. The predicted octanol–water partition coefficient (Wildman–Crippen LogP) is 1.20. The number of aromatic nitrogens is 1. The lowest BCUT2D eigenvalue weighted by Crippen LogP contribution is -2.36. The van der Waals surface area contributed by atoms with Crippen molar-refractivity contribution in [3.05, 3.63) is 23.9 Å². The molecule has 1 aliphatic carbocycles. The summed E-state index contributed by atoms with van der Waals surface area (Å²) in [5.41, 5.74) is 7.12. The molecule has 2 aliphatic rings. The van der Waals surface area contributed by atoms with Crippen molar-refractivity contribution >= 4 is 24.1 Å². The van der Waals surface area contributed by atoms with Crippen molar-refractivity contribution in [2.24, 2.45) is 5.73 Å². The number of amides is 1. The van der Waals surface area contributed by atoms with E-state index in [1.54, 1.807) is 6.20 Å². The standard InChI is InChI=1S/C11H13N3O.ClH/c12-8-6-11(3-4-11)7-2-1-5-13-9(7)14-10(8)15;/h1-2,5,8H,3-4,6,12H2,(H,13,14,15);1H. The van der Waals surface area contributed by atoms with E-state index in [4.69, 9.17) is 5.73 Å². The first kappa shape index (κ1) is 11.4. The van der Waals surface area contributed by atoms with Gasteiger partial charge in [-0.3, -0.25) is 4.79 Å². The number of nitrogens with zero attached hydrogens (tertiary/aromatic N) is 1. The second-order valence-electron chi connectivity index (χ2n) is 4.48. The number of pyridine rings is 1. The molecule has 1 unspecified atom stereocenters. The third kappa shape index (κ3) is 1.58. The number of fused-ring (bicyclic) bond motifs is 2. The van der Waals surface area contributed by atoms with Crippen LogP contribution in [0.1, 0.15) is 24.8 Å². The minimum absolute atomic E-state index is 0. The van der Waals surface area contributed by atoms with Gasteiger partial charge in [0.25, 0.3) is 0 Å². The van der Waals surface area contributed by atoms with Gasteiger partial charge in [-0.2, -0.15) is 0 Å². The third-order valence-electron chi connectivity index (χ3n) is 3.42. The Morgan fingerprint density at radius 1 is 1.50 bits per heavy atom. The fourth-order valence-corrected chi connectivity index (χ4v) is 2.39. The van der Waals surface area contributed by atoms with E-state index < -0.39 is 6.04 Å². The lowest BCUT2D eigenvalue weighted by Gasteiger charge is -2.15. The first-order valence-electron chi connectivity index (χ1n) is 5.23. The van der Waals surface area contributed by atoms with Crippen LogP contribution in [0.2, 0.25) is 0 Å². The molecule has 1 aliphatic heterocycles. The number of halogens is 1. The molecule has 1 spiro atoms. The molecule has 4 nitrogen and oxygen atoms in total. The van der Waals surface area contributed by atoms with Gasteiger partial charge in [0, 0.05) is 17.2 Å². The molecule has 1 aromatic rings. The second kappa shape index (κ2) is 3.71. The van der Waals surface area contributed by atoms with E-state index in [-0.39, 0.29) is 23.7 Å². The molecule has 0 aromatic carbocycles. The van der Waals surface area contributed by atoms with Crippen LogP contribution in [0.15, 0.2) is 18.3 Å². The maximum Gasteiger partial charge on any atom is 0.242 e. The summed E-state index contributed by atoms with van der Waals surface area (Å²) in [7, 11) is 0. The van der Waals surface area contributed by atoms with Gasteiger partial charge < -0.3 is 11.1 Å². The zero-order valence-corrected chi connectivity index (χ0v) is 9.59. The molecule has 0 saturated heterocycles. The first-order valence-corrected chi connectivity index (χ1v) is 5.23. The quantitative estimate of drug-likeness (QED) is 0.715. The Hall–Kier alpha value is -1.13. The Morgan fingerprint density at radius 3 is 2.94 bits per heavy atom. The van der Waals surface area contributed by atoms with Crippen molar-refractivity contribution in [2.45, 2.75) is 30.7 Å². The summed E-state index contributed by atoms with van der Waals surface area (Å²) in [5, 5.41) is 2.79. The van der Waals surface area contributed by atoms with E-state index in [1.807, 2.05) is 12.1 Å². The summed E-state index contributed by atoms with van der Waals surface area (Å²) in [4.78, 5) is 15.8. The van der Waals surface area contributed by atoms with Crippen molar-refractivity contribution in [3.63, 3.8) is 0 Å². The smallest absolute Gasteiger partial charge is 0.242 e. The molecular weight excluding hydrogens is 226 g/mol. The maximum absolute atomic E-state index is 11.6. The molecule has 1 aromatic heterocycles. The highest BCUT2D eigenvalue weighted by Gasteiger charge is 2.49. The van der Waals surface area contributed by atoms with E-state index in [9.17, 15) is 4.79 Å². The fraction of sp³-hybridized carbons (Fsp3) is 0.455. The summed E-state index contributed by atoms with van der Waals surface area (Å²) in [6, 6.07) is 3.57. The average Bonchev–Trinajstić information content (AvgIpc) is 2.99. The Morgan fingerprint density at radius 2 is 2.25 bits per heavy atom. The largest absolute Gasteiger partial charge is 0.320 e. The van der Waals surface area contributed by atoms with Crippen LogP contribution in [-0.4, -0.2) is 16.9 Å². The summed E-state index contributed by atoms with van der Waals surface area (Å²) in [5.74, 6) is 0.590. The molecule has 0 bridgehead atoms. The number of anilines is 1. The SMILES string of the molecule is Cl.NC1CC2(CC2)c2cccnc2NC1=O. The Balaban J connectivity index is 0.000000963. The van der Waals surface area contributed by atoms with Crippen LogP contribution in [0.25, 0.3) is 0 Å². The molecular formula is C11H14ClN3O. The number of hydrogen-bond donors (Lipinski definition) is 2. The molecule has 3 N–H and O–H groups in total. The van der Waals surface area contributed by atoms with E-state index in [0.717, 1.165) is 24.8 Å². The minimum atomic E-state index is -0.401. The average molecular weight is 240 g/mol. The van der Waals surface area contributed by atoms with Crippen LogP contribution in [0.3, 0.4) is 0 Å². The number of rotatable bonds is 0. The monoisotopic (exact) mass is 239 g/mol. The molecule has 1 amide bonds. The van der Waals surface area contributed by atoms with Gasteiger partial charge in [-0.1, -0.05) is 6.07 Å². The van der Waals surface area contributed by atoms with Crippen molar-refractivity contribution < 1.29 is 4.79 Å². The van der Waals surface area contributed by atoms with Crippen molar-refractivity contribution in [1.29, 1.82) is 0 Å². The summed E-state index contributed by atoms with van der Waals surface area (Å²) >= 11 is 0. The van der Waals surface area contributed by atoms with Gasteiger partial charge in [-0.05, 0) is 25.3 Å². The number of hydrogen-bond acceptors (Lipinski definition) is 3. The molecule has 1 saturated carbocycles. The van der Waals surface area contributed by atoms with Crippen molar-refractivity contribution in [1.82, 2.24) is 4.98 Å². The molecule has 1 fully saturated rings. The minimum Gasteiger partial charge on any atom is -0.320 e. The van der Waals surface area contributed by atoms with E-state index in [2.05, 4.69) is 10.3 Å². The second-order valence-corrected chi connectivity index (χ2v) is 4.48. The third-order valence-corrected chi connectivity index (χ3v) is 3.42. The zero-order chi connectivity index (χ0) is 10.5.